The van der Waals surface area contributed by atoms with Crippen molar-refractivity contribution < 1.29 is 24.6 Å². The maximum Gasteiger partial charge on any atom is 0.342 e. The van der Waals surface area contributed by atoms with E-state index in [0.29, 0.717) is 11.3 Å². The van der Waals surface area contributed by atoms with E-state index in [2.05, 4.69) is 20.6 Å². The number of rotatable bonds is 5. The van der Waals surface area contributed by atoms with E-state index in [1.54, 1.807) is 31.2 Å². The number of carbonyl (C=O) groups excluding carboxylic acids is 2. The summed E-state index contributed by atoms with van der Waals surface area (Å²) in [6.07, 6.45) is 1.02. The number of anilines is 1. The Balaban J connectivity index is 2.12. The number of aromatic carboxylic acids is 1. The highest BCUT2D eigenvalue weighted by Crippen LogP contribution is 2.21. The first kappa shape index (κ1) is 17.9. The molecule has 0 radical (unpaired) electrons. The van der Waals surface area contributed by atoms with Gasteiger partial charge in [0.25, 0.3) is 0 Å². The third-order valence-electron chi connectivity index (χ3n) is 3.22. The van der Waals surface area contributed by atoms with Crippen molar-refractivity contribution in [1.29, 1.82) is 0 Å². The van der Waals surface area contributed by atoms with Crippen molar-refractivity contribution >= 4 is 23.5 Å². The molecule has 25 heavy (non-hydrogen) atoms. The number of amides is 2. The average molecular weight is 344 g/mol. The molecule has 1 unspecified atom stereocenters. The van der Waals surface area contributed by atoms with Gasteiger partial charge in [0.1, 0.15) is 11.6 Å². The number of carbonyl (C=O) groups is 3. The highest BCUT2D eigenvalue weighted by Gasteiger charge is 2.15. The second-order valence-corrected chi connectivity index (χ2v) is 5.22. The van der Waals surface area contributed by atoms with Crippen LogP contribution in [0, 0.1) is 0 Å². The van der Waals surface area contributed by atoms with E-state index in [0.717, 1.165) is 6.20 Å². The van der Waals surface area contributed by atoms with Gasteiger partial charge in [-0.25, -0.2) is 9.78 Å². The number of aromatic hydroxyl groups is 1. The van der Waals surface area contributed by atoms with Crippen LogP contribution in [-0.2, 0) is 9.59 Å². The maximum absolute atomic E-state index is 11.9. The zero-order chi connectivity index (χ0) is 18.6. The van der Waals surface area contributed by atoms with Gasteiger partial charge in [0, 0.05) is 24.4 Å². The van der Waals surface area contributed by atoms with Gasteiger partial charge in [-0.2, -0.15) is 4.98 Å². The predicted molar refractivity (Wildman–Crippen MR) is 88.0 cm³/mol. The number of carboxylic acid groups (broad SMARTS) is 1. The summed E-state index contributed by atoms with van der Waals surface area (Å²) in [6, 6.07) is 5.72. The predicted octanol–water partition coefficient (Wildman–Crippen LogP) is 1.01. The Kier molecular flexibility index (Phi) is 5.28. The zero-order valence-electron chi connectivity index (χ0n) is 13.5. The molecular formula is C16H16N4O5. The van der Waals surface area contributed by atoms with E-state index in [-0.39, 0.29) is 23.2 Å². The van der Waals surface area contributed by atoms with E-state index < -0.39 is 17.9 Å². The van der Waals surface area contributed by atoms with Gasteiger partial charge >= 0.3 is 5.97 Å². The summed E-state index contributed by atoms with van der Waals surface area (Å²) >= 11 is 0. The molecule has 0 aliphatic rings. The number of nitrogens with one attached hydrogen (secondary N) is 2. The van der Waals surface area contributed by atoms with E-state index >= 15 is 0 Å². The molecule has 0 saturated carbocycles. The minimum Gasteiger partial charge on any atom is -0.493 e. The number of hydrogen-bond donors (Lipinski definition) is 4. The molecule has 0 saturated heterocycles. The molecule has 4 N–H and O–H groups in total. The SMILES string of the molecule is CC(=O)NC(C)C(=O)Nc1ccc(-c2ncc(C(=O)O)c(O)n2)cc1. The van der Waals surface area contributed by atoms with Crippen molar-refractivity contribution in [3.63, 3.8) is 0 Å². The van der Waals surface area contributed by atoms with Crippen LogP contribution in [0.3, 0.4) is 0 Å². The van der Waals surface area contributed by atoms with Crippen molar-refractivity contribution in [1.82, 2.24) is 15.3 Å². The fraction of sp³-hybridized carbons (Fsp3) is 0.188. The van der Waals surface area contributed by atoms with Gasteiger partial charge in [-0.15, -0.1) is 0 Å². The molecule has 1 heterocycles. The van der Waals surface area contributed by atoms with E-state index in [1.807, 2.05) is 0 Å². The third-order valence-corrected chi connectivity index (χ3v) is 3.22. The van der Waals surface area contributed by atoms with Crippen molar-refractivity contribution in [2.45, 2.75) is 19.9 Å². The van der Waals surface area contributed by atoms with Gasteiger partial charge in [-0.3, -0.25) is 9.59 Å². The molecule has 0 bridgehead atoms. The molecule has 2 rings (SSSR count). The van der Waals surface area contributed by atoms with Crippen molar-refractivity contribution in [3.8, 4) is 17.3 Å². The van der Waals surface area contributed by atoms with E-state index in [1.165, 1.54) is 6.92 Å². The number of benzene rings is 1. The third kappa shape index (κ3) is 4.50. The topological polar surface area (TPSA) is 142 Å². The number of carboxylic acids is 1. The first-order valence-electron chi connectivity index (χ1n) is 7.25. The van der Waals surface area contributed by atoms with Crippen molar-refractivity contribution in [2.24, 2.45) is 0 Å². The molecule has 1 aromatic heterocycles. The van der Waals surface area contributed by atoms with Crippen LogP contribution >= 0.6 is 0 Å². The number of nitrogens with zero attached hydrogens (tertiary/aromatic N) is 2. The molecular weight excluding hydrogens is 328 g/mol. The Morgan fingerprint density at radius 2 is 1.80 bits per heavy atom. The Bertz CT molecular complexity index is 820. The Morgan fingerprint density at radius 3 is 2.32 bits per heavy atom. The van der Waals surface area contributed by atoms with Crippen LogP contribution in [0.15, 0.2) is 30.5 Å². The largest absolute Gasteiger partial charge is 0.493 e. The maximum atomic E-state index is 11.9. The smallest absolute Gasteiger partial charge is 0.342 e. The molecule has 0 aliphatic carbocycles. The molecule has 1 aromatic carbocycles. The van der Waals surface area contributed by atoms with E-state index in [4.69, 9.17) is 5.11 Å². The van der Waals surface area contributed by atoms with Crippen LogP contribution in [0.1, 0.15) is 24.2 Å². The van der Waals surface area contributed by atoms with Crippen LogP contribution in [0.2, 0.25) is 0 Å². The lowest BCUT2D eigenvalue weighted by Gasteiger charge is -2.13. The van der Waals surface area contributed by atoms with Crippen LogP contribution < -0.4 is 10.6 Å². The first-order chi connectivity index (χ1) is 11.8. The van der Waals surface area contributed by atoms with Gasteiger partial charge in [0.05, 0.1) is 0 Å². The van der Waals surface area contributed by atoms with Gasteiger partial charge in [0.2, 0.25) is 17.7 Å². The van der Waals surface area contributed by atoms with Gasteiger partial charge in [0.15, 0.2) is 5.82 Å². The van der Waals surface area contributed by atoms with Crippen molar-refractivity contribution in [3.05, 3.63) is 36.0 Å². The monoisotopic (exact) mass is 344 g/mol. The molecule has 9 heteroatoms. The molecule has 130 valence electrons. The van der Waals surface area contributed by atoms with Gasteiger partial charge in [-0.1, -0.05) is 0 Å². The summed E-state index contributed by atoms with van der Waals surface area (Å²) in [4.78, 5) is 41.3. The Morgan fingerprint density at radius 1 is 1.16 bits per heavy atom. The van der Waals surface area contributed by atoms with Crippen LogP contribution in [-0.4, -0.2) is 44.0 Å². The molecule has 0 aliphatic heterocycles. The minimum absolute atomic E-state index is 0.145. The lowest BCUT2D eigenvalue weighted by Crippen LogP contribution is -2.40. The number of aromatic nitrogens is 2. The highest BCUT2D eigenvalue weighted by molar-refractivity contribution is 5.96. The Hall–Kier alpha value is -3.49. The van der Waals surface area contributed by atoms with Crippen LogP contribution in [0.4, 0.5) is 5.69 Å². The summed E-state index contributed by atoms with van der Waals surface area (Å²) in [5.74, 6) is -2.48. The molecule has 0 fully saturated rings. The van der Waals surface area contributed by atoms with Crippen LogP contribution in [0.5, 0.6) is 5.88 Å². The number of hydrogen-bond acceptors (Lipinski definition) is 6. The molecule has 1 atom stereocenters. The summed E-state index contributed by atoms with van der Waals surface area (Å²) in [6.45, 7) is 2.88. The molecule has 2 amide bonds. The summed E-state index contributed by atoms with van der Waals surface area (Å²) in [5, 5.41) is 23.6. The van der Waals surface area contributed by atoms with Gasteiger partial charge < -0.3 is 20.8 Å². The average Bonchev–Trinajstić information content (AvgIpc) is 2.54. The minimum atomic E-state index is -1.32. The normalized spacial score (nSPS) is 11.4. The quantitative estimate of drug-likeness (QED) is 0.634. The summed E-state index contributed by atoms with van der Waals surface area (Å²) < 4.78 is 0. The highest BCUT2D eigenvalue weighted by atomic mass is 16.4. The lowest BCUT2D eigenvalue weighted by molar-refractivity contribution is -0.124. The second-order valence-electron chi connectivity index (χ2n) is 5.22. The Labute approximate surface area is 142 Å². The standard InChI is InChI=1S/C16H16N4O5/c1-8(18-9(2)21)14(22)19-11-5-3-10(4-6-11)13-17-7-12(16(24)25)15(23)20-13/h3-8H,1-2H3,(H,18,21)(H,19,22)(H,24,25)(H,17,20,23). The first-order valence-corrected chi connectivity index (χ1v) is 7.25. The van der Waals surface area contributed by atoms with Crippen molar-refractivity contribution in [2.75, 3.05) is 5.32 Å². The lowest BCUT2D eigenvalue weighted by atomic mass is 10.2. The fourth-order valence-electron chi connectivity index (χ4n) is 1.99. The fourth-order valence-corrected chi connectivity index (χ4v) is 1.99. The molecule has 0 spiro atoms. The van der Waals surface area contributed by atoms with Crippen LogP contribution in [0.25, 0.3) is 11.4 Å². The van der Waals surface area contributed by atoms with Gasteiger partial charge in [-0.05, 0) is 31.2 Å². The molecule has 9 nitrogen and oxygen atoms in total. The summed E-state index contributed by atoms with van der Waals surface area (Å²) in [7, 11) is 0. The summed E-state index contributed by atoms with van der Waals surface area (Å²) in [5.41, 5.74) is 0.636. The second kappa shape index (κ2) is 7.39. The molecule has 2 aromatic rings. The zero-order valence-corrected chi connectivity index (χ0v) is 13.5. The van der Waals surface area contributed by atoms with E-state index in [9.17, 15) is 19.5 Å².